The SMILES string of the molecule is COc1cc(C)nc(CNCCN2CCSCC2)c1. The molecule has 1 aliphatic heterocycles. The van der Waals surface area contributed by atoms with E-state index in [-0.39, 0.29) is 0 Å². The predicted octanol–water partition coefficient (Wildman–Crippen LogP) is 1.54. The zero-order valence-electron chi connectivity index (χ0n) is 11.8. The third-order valence-electron chi connectivity index (χ3n) is 3.23. The first-order chi connectivity index (χ1) is 9.28. The van der Waals surface area contributed by atoms with Crippen molar-refractivity contribution in [2.24, 2.45) is 0 Å². The van der Waals surface area contributed by atoms with Gasteiger partial charge in [-0.05, 0) is 6.92 Å². The molecule has 2 heterocycles. The topological polar surface area (TPSA) is 37.4 Å². The summed E-state index contributed by atoms with van der Waals surface area (Å²) in [7, 11) is 1.69. The molecule has 1 aromatic rings. The molecule has 1 N–H and O–H groups in total. The Kier molecular flexibility index (Phi) is 5.94. The largest absolute Gasteiger partial charge is 0.497 e. The highest BCUT2D eigenvalue weighted by Gasteiger charge is 2.09. The van der Waals surface area contributed by atoms with Crippen molar-refractivity contribution in [2.45, 2.75) is 13.5 Å². The number of pyridine rings is 1. The molecule has 0 radical (unpaired) electrons. The molecule has 0 spiro atoms. The van der Waals surface area contributed by atoms with Gasteiger partial charge in [0.1, 0.15) is 5.75 Å². The normalized spacial score (nSPS) is 16.5. The van der Waals surface area contributed by atoms with Crippen LogP contribution in [0.3, 0.4) is 0 Å². The Balaban J connectivity index is 1.71. The third kappa shape index (κ3) is 5.01. The molecule has 4 nitrogen and oxygen atoms in total. The molecule has 0 aromatic carbocycles. The molecule has 0 aliphatic carbocycles. The van der Waals surface area contributed by atoms with E-state index >= 15 is 0 Å². The summed E-state index contributed by atoms with van der Waals surface area (Å²) >= 11 is 2.05. The lowest BCUT2D eigenvalue weighted by atomic mass is 10.3. The summed E-state index contributed by atoms with van der Waals surface area (Å²) in [6.45, 7) is 7.40. The number of nitrogens with one attached hydrogen (secondary N) is 1. The van der Waals surface area contributed by atoms with Gasteiger partial charge in [0.2, 0.25) is 0 Å². The minimum atomic E-state index is 0.806. The Morgan fingerprint density at radius 2 is 2.16 bits per heavy atom. The van der Waals surface area contributed by atoms with Gasteiger partial charge in [-0.2, -0.15) is 11.8 Å². The minimum absolute atomic E-state index is 0.806. The van der Waals surface area contributed by atoms with Crippen molar-refractivity contribution in [1.29, 1.82) is 0 Å². The van der Waals surface area contributed by atoms with Gasteiger partial charge in [0.15, 0.2) is 0 Å². The fraction of sp³-hybridized carbons (Fsp3) is 0.643. The van der Waals surface area contributed by atoms with Gasteiger partial charge in [-0.15, -0.1) is 0 Å². The Hall–Kier alpha value is -0.780. The standard InChI is InChI=1S/C14H23N3OS/c1-12-9-14(18-2)10-13(16-12)11-15-3-4-17-5-7-19-8-6-17/h9-10,15H,3-8,11H2,1-2H3. The highest BCUT2D eigenvalue weighted by atomic mass is 32.2. The van der Waals surface area contributed by atoms with Crippen LogP contribution in [0.5, 0.6) is 5.75 Å². The van der Waals surface area contributed by atoms with Gasteiger partial charge < -0.3 is 15.0 Å². The van der Waals surface area contributed by atoms with E-state index in [1.54, 1.807) is 7.11 Å². The molecule has 0 bridgehead atoms. The van der Waals surface area contributed by atoms with Gasteiger partial charge >= 0.3 is 0 Å². The van der Waals surface area contributed by atoms with Crippen LogP contribution >= 0.6 is 11.8 Å². The van der Waals surface area contributed by atoms with Gasteiger partial charge in [0, 0.05) is 62.1 Å². The second-order valence-corrected chi connectivity index (χ2v) is 6.00. The average molecular weight is 281 g/mol. The van der Waals surface area contributed by atoms with Crippen molar-refractivity contribution >= 4 is 11.8 Å². The third-order valence-corrected chi connectivity index (χ3v) is 4.17. The highest BCUT2D eigenvalue weighted by Crippen LogP contribution is 2.13. The second-order valence-electron chi connectivity index (χ2n) is 4.77. The Labute approximate surface area is 119 Å². The second kappa shape index (κ2) is 7.72. The lowest BCUT2D eigenvalue weighted by Crippen LogP contribution is -2.37. The molecule has 5 heteroatoms. The van der Waals surface area contributed by atoms with E-state index in [4.69, 9.17) is 4.74 Å². The number of hydrogen-bond donors (Lipinski definition) is 1. The van der Waals surface area contributed by atoms with E-state index in [1.165, 1.54) is 24.6 Å². The molecule has 1 aliphatic rings. The Bertz CT molecular complexity index is 394. The van der Waals surface area contributed by atoms with Crippen LogP contribution in [0.25, 0.3) is 0 Å². The molecule has 0 unspecified atom stereocenters. The van der Waals surface area contributed by atoms with Crippen LogP contribution in [0.2, 0.25) is 0 Å². The first-order valence-corrected chi connectivity index (χ1v) is 7.96. The molecular weight excluding hydrogens is 258 g/mol. The fourth-order valence-electron chi connectivity index (χ4n) is 2.19. The van der Waals surface area contributed by atoms with Gasteiger partial charge in [0.25, 0.3) is 0 Å². The summed E-state index contributed by atoms with van der Waals surface area (Å²) in [5.41, 5.74) is 2.05. The van der Waals surface area contributed by atoms with E-state index in [2.05, 4.69) is 27.0 Å². The summed E-state index contributed by atoms with van der Waals surface area (Å²) in [4.78, 5) is 7.03. The summed E-state index contributed by atoms with van der Waals surface area (Å²) in [6, 6.07) is 3.95. The maximum Gasteiger partial charge on any atom is 0.122 e. The van der Waals surface area contributed by atoms with Gasteiger partial charge in [-0.3, -0.25) is 4.98 Å². The zero-order valence-corrected chi connectivity index (χ0v) is 12.6. The molecule has 0 atom stereocenters. The maximum absolute atomic E-state index is 5.26. The number of thioether (sulfide) groups is 1. The Morgan fingerprint density at radius 3 is 2.89 bits per heavy atom. The number of ether oxygens (including phenoxy) is 1. The Morgan fingerprint density at radius 1 is 1.37 bits per heavy atom. The van der Waals surface area contributed by atoms with Crippen molar-refractivity contribution in [2.75, 3.05) is 44.8 Å². The summed E-state index contributed by atoms with van der Waals surface area (Å²) < 4.78 is 5.26. The van der Waals surface area contributed by atoms with Crippen molar-refractivity contribution in [3.8, 4) is 5.75 Å². The lowest BCUT2D eigenvalue weighted by Gasteiger charge is -2.26. The highest BCUT2D eigenvalue weighted by molar-refractivity contribution is 7.99. The first-order valence-electron chi connectivity index (χ1n) is 6.80. The van der Waals surface area contributed by atoms with Gasteiger partial charge in [-0.25, -0.2) is 0 Å². The maximum atomic E-state index is 5.26. The molecule has 106 valence electrons. The summed E-state index contributed by atoms with van der Waals surface area (Å²) in [5.74, 6) is 3.44. The molecule has 1 fully saturated rings. The summed E-state index contributed by atoms with van der Waals surface area (Å²) in [6.07, 6.45) is 0. The van der Waals surface area contributed by atoms with Crippen LogP contribution in [-0.4, -0.2) is 54.7 Å². The molecule has 1 saturated heterocycles. The van der Waals surface area contributed by atoms with Crippen molar-refractivity contribution in [1.82, 2.24) is 15.2 Å². The van der Waals surface area contributed by atoms with E-state index in [0.717, 1.165) is 36.8 Å². The molecule has 2 rings (SSSR count). The lowest BCUT2D eigenvalue weighted by molar-refractivity contribution is 0.301. The van der Waals surface area contributed by atoms with E-state index in [1.807, 2.05) is 19.1 Å². The summed E-state index contributed by atoms with van der Waals surface area (Å²) in [5, 5.41) is 3.46. The van der Waals surface area contributed by atoms with Crippen molar-refractivity contribution in [3.05, 3.63) is 23.5 Å². The van der Waals surface area contributed by atoms with Crippen LogP contribution in [0.15, 0.2) is 12.1 Å². The smallest absolute Gasteiger partial charge is 0.122 e. The van der Waals surface area contributed by atoms with E-state index < -0.39 is 0 Å². The van der Waals surface area contributed by atoms with E-state index in [0.29, 0.717) is 0 Å². The number of methoxy groups -OCH3 is 1. The number of aryl methyl sites for hydroxylation is 1. The number of nitrogens with zero attached hydrogens (tertiary/aromatic N) is 2. The first kappa shape index (κ1) is 14.6. The quantitative estimate of drug-likeness (QED) is 0.801. The molecule has 19 heavy (non-hydrogen) atoms. The van der Waals surface area contributed by atoms with Crippen LogP contribution in [0.4, 0.5) is 0 Å². The molecule has 0 amide bonds. The molecule has 1 aromatic heterocycles. The van der Waals surface area contributed by atoms with Crippen LogP contribution in [-0.2, 0) is 6.54 Å². The van der Waals surface area contributed by atoms with Gasteiger partial charge in [-0.1, -0.05) is 0 Å². The van der Waals surface area contributed by atoms with E-state index in [9.17, 15) is 0 Å². The fourth-order valence-corrected chi connectivity index (χ4v) is 3.17. The van der Waals surface area contributed by atoms with Crippen LogP contribution in [0, 0.1) is 6.92 Å². The van der Waals surface area contributed by atoms with Crippen molar-refractivity contribution < 1.29 is 4.74 Å². The van der Waals surface area contributed by atoms with Gasteiger partial charge in [0.05, 0.1) is 12.8 Å². The van der Waals surface area contributed by atoms with Crippen LogP contribution in [0.1, 0.15) is 11.4 Å². The number of aromatic nitrogens is 1. The zero-order chi connectivity index (χ0) is 13.5. The number of hydrogen-bond acceptors (Lipinski definition) is 5. The monoisotopic (exact) mass is 281 g/mol. The predicted molar refractivity (Wildman–Crippen MR) is 81.0 cm³/mol. The van der Waals surface area contributed by atoms with Crippen LogP contribution < -0.4 is 10.1 Å². The average Bonchev–Trinajstić information content (AvgIpc) is 2.44. The minimum Gasteiger partial charge on any atom is -0.497 e. The molecular formula is C14H23N3OS. The molecule has 0 saturated carbocycles. The number of rotatable bonds is 6. The van der Waals surface area contributed by atoms with Crippen molar-refractivity contribution in [3.63, 3.8) is 0 Å².